The third-order valence-electron chi connectivity index (χ3n) is 3.68. The molecule has 0 spiro atoms. The first-order valence-corrected chi connectivity index (χ1v) is 7.31. The van der Waals surface area contributed by atoms with Gasteiger partial charge in [-0.25, -0.2) is 9.59 Å². The van der Waals surface area contributed by atoms with E-state index < -0.39 is 23.2 Å². The molecule has 6 heteroatoms. The first kappa shape index (κ1) is 16.3. The topological polar surface area (TPSA) is 68.7 Å². The molecule has 0 bridgehead atoms. The van der Waals surface area contributed by atoms with Crippen LogP contribution >= 0.6 is 0 Å². The van der Waals surface area contributed by atoms with Crippen LogP contribution < -0.4 is 0 Å². The normalized spacial score (nSPS) is 21.5. The van der Waals surface area contributed by atoms with Crippen LogP contribution in [0.4, 0.5) is 4.79 Å². The number of hydrogen-bond donors (Lipinski definition) is 0. The van der Waals surface area contributed by atoms with Gasteiger partial charge in [-0.3, -0.25) is 9.88 Å². The standard InChI is InChI=1S/C16H22N2O4/c1-15(2,3)22-14(20)18-11-5-8-16(18,13(19)21-4)12-6-9-17-10-7-12/h6-7,9-10H,5,8,11H2,1-4H3. The molecule has 1 amide bonds. The second-order valence-corrected chi connectivity index (χ2v) is 6.32. The van der Waals surface area contributed by atoms with Crippen LogP contribution in [0.15, 0.2) is 24.5 Å². The van der Waals surface area contributed by atoms with Crippen molar-refractivity contribution in [1.82, 2.24) is 9.88 Å². The molecule has 0 saturated carbocycles. The van der Waals surface area contributed by atoms with E-state index in [-0.39, 0.29) is 0 Å². The Bertz CT molecular complexity index is 553. The summed E-state index contributed by atoms with van der Waals surface area (Å²) in [6, 6.07) is 3.47. The van der Waals surface area contributed by atoms with Gasteiger partial charge in [-0.2, -0.15) is 0 Å². The van der Waals surface area contributed by atoms with E-state index in [1.54, 1.807) is 45.3 Å². The van der Waals surface area contributed by atoms with E-state index in [1.807, 2.05) is 0 Å². The molecular formula is C16H22N2O4. The second-order valence-electron chi connectivity index (χ2n) is 6.32. The van der Waals surface area contributed by atoms with Crippen LogP contribution in [0.1, 0.15) is 39.2 Å². The van der Waals surface area contributed by atoms with Crippen molar-refractivity contribution in [3.8, 4) is 0 Å². The van der Waals surface area contributed by atoms with Crippen molar-refractivity contribution in [2.45, 2.75) is 44.8 Å². The third-order valence-corrected chi connectivity index (χ3v) is 3.68. The van der Waals surface area contributed by atoms with Crippen molar-refractivity contribution in [1.29, 1.82) is 0 Å². The number of ether oxygens (including phenoxy) is 2. The summed E-state index contributed by atoms with van der Waals surface area (Å²) < 4.78 is 10.5. The molecular weight excluding hydrogens is 284 g/mol. The van der Waals surface area contributed by atoms with Crippen molar-refractivity contribution in [2.24, 2.45) is 0 Å². The quantitative estimate of drug-likeness (QED) is 0.785. The summed E-state index contributed by atoms with van der Waals surface area (Å²) in [7, 11) is 1.33. The van der Waals surface area contributed by atoms with Gasteiger partial charge in [0.05, 0.1) is 7.11 Å². The molecule has 1 aliphatic rings. The van der Waals surface area contributed by atoms with Gasteiger partial charge in [-0.05, 0) is 51.3 Å². The SMILES string of the molecule is COC(=O)C1(c2ccncc2)CCCN1C(=O)OC(C)(C)C. The molecule has 2 rings (SSSR count). The van der Waals surface area contributed by atoms with Gasteiger partial charge in [0, 0.05) is 18.9 Å². The third kappa shape index (κ3) is 2.91. The van der Waals surface area contributed by atoms with Crippen LogP contribution in [0.5, 0.6) is 0 Å². The van der Waals surface area contributed by atoms with Gasteiger partial charge in [0.25, 0.3) is 0 Å². The molecule has 1 saturated heterocycles. The average molecular weight is 306 g/mol. The lowest BCUT2D eigenvalue weighted by Gasteiger charge is -2.37. The molecule has 0 N–H and O–H groups in total. The molecule has 1 aromatic heterocycles. The average Bonchev–Trinajstić information content (AvgIpc) is 2.91. The lowest BCUT2D eigenvalue weighted by Crippen LogP contribution is -2.52. The summed E-state index contributed by atoms with van der Waals surface area (Å²) in [6.07, 6.45) is 3.91. The molecule has 22 heavy (non-hydrogen) atoms. The maximum atomic E-state index is 12.6. The predicted octanol–water partition coefficient (Wildman–Crippen LogP) is 2.48. The lowest BCUT2D eigenvalue weighted by atomic mass is 9.88. The van der Waals surface area contributed by atoms with Gasteiger partial charge in [0.15, 0.2) is 5.54 Å². The molecule has 6 nitrogen and oxygen atoms in total. The maximum absolute atomic E-state index is 12.6. The maximum Gasteiger partial charge on any atom is 0.411 e. The Morgan fingerprint density at radius 2 is 1.91 bits per heavy atom. The van der Waals surface area contributed by atoms with Crippen molar-refractivity contribution in [2.75, 3.05) is 13.7 Å². The summed E-state index contributed by atoms with van der Waals surface area (Å²) in [5.74, 6) is -0.456. The Morgan fingerprint density at radius 1 is 1.27 bits per heavy atom. The van der Waals surface area contributed by atoms with Gasteiger partial charge in [0.2, 0.25) is 0 Å². The van der Waals surface area contributed by atoms with E-state index in [9.17, 15) is 9.59 Å². The van der Waals surface area contributed by atoms with Crippen molar-refractivity contribution in [3.05, 3.63) is 30.1 Å². The zero-order valence-electron chi connectivity index (χ0n) is 13.5. The molecule has 1 unspecified atom stereocenters. The molecule has 0 aliphatic carbocycles. The van der Waals surface area contributed by atoms with Crippen LogP contribution in [-0.4, -0.2) is 41.2 Å². The summed E-state index contributed by atoms with van der Waals surface area (Å²) in [5.41, 5.74) is -1.07. The number of hydrogen-bond acceptors (Lipinski definition) is 5. The zero-order chi connectivity index (χ0) is 16.4. The lowest BCUT2D eigenvalue weighted by molar-refractivity contribution is -0.154. The smallest absolute Gasteiger partial charge is 0.411 e. The van der Waals surface area contributed by atoms with Crippen LogP contribution in [0.25, 0.3) is 0 Å². The van der Waals surface area contributed by atoms with Crippen LogP contribution in [0, 0.1) is 0 Å². The summed E-state index contributed by atoms with van der Waals surface area (Å²) >= 11 is 0. The molecule has 1 atom stereocenters. The first-order valence-electron chi connectivity index (χ1n) is 7.31. The number of methoxy groups -OCH3 is 1. The fraction of sp³-hybridized carbons (Fsp3) is 0.562. The van der Waals surface area contributed by atoms with E-state index >= 15 is 0 Å². The predicted molar refractivity (Wildman–Crippen MR) is 80.1 cm³/mol. The second kappa shape index (κ2) is 5.94. The molecule has 1 aliphatic heterocycles. The van der Waals surface area contributed by atoms with Gasteiger partial charge in [-0.1, -0.05) is 0 Å². The van der Waals surface area contributed by atoms with E-state index in [0.29, 0.717) is 24.9 Å². The van der Waals surface area contributed by atoms with E-state index in [4.69, 9.17) is 9.47 Å². The first-order chi connectivity index (χ1) is 10.3. The van der Waals surface area contributed by atoms with E-state index in [0.717, 1.165) is 0 Å². The molecule has 0 radical (unpaired) electrons. The number of esters is 1. The molecule has 0 aromatic carbocycles. The number of carbonyl (C=O) groups is 2. The van der Waals surface area contributed by atoms with Gasteiger partial charge >= 0.3 is 12.1 Å². The van der Waals surface area contributed by atoms with E-state index in [2.05, 4.69) is 4.98 Å². The van der Waals surface area contributed by atoms with Crippen LogP contribution in [0.2, 0.25) is 0 Å². The van der Waals surface area contributed by atoms with Gasteiger partial charge in [0.1, 0.15) is 5.60 Å². The Morgan fingerprint density at radius 3 is 2.45 bits per heavy atom. The molecule has 120 valence electrons. The summed E-state index contributed by atoms with van der Waals surface area (Å²) in [6.45, 7) is 5.85. The Labute approximate surface area is 130 Å². The minimum atomic E-state index is -1.14. The Balaban J connectivity index is 2.44. The Hall–Kier alpha value is -2.11. The van der Waals surface area contributed by atoms with Crippen molar-refractivity contribution in [3.63, 3.8) is 0 Å². The number of nitrogens with zero attached hydrogens (tertiary/aromatic N) is 2. The Kier molecular flexibility index (Phi) is 4.39. The number of rotatable bonds is 2. The number of likely N-dealkylation sites (tertiary alicyclic amines) is 1. The minimum Gasteiger partial charge on any atom is -0.467 e. The highest BCUT2D eigenvalue weighted by molar-refractivity contribution is 5.88. The fourth-order valence-corrected chi connectivity index (χ4v) is 2.81. The van der Waals surface area contributed by atoms with Gasteiger partial charge < -0.3 is 9.47 Å². The summed E-state index contributed by atoms with van der Waals surface area (Å²) in [4.78, 5) is 30.5. The van der Waals surface area contributed by atoms with Crippen LogP contribution in [-0.2, 0) is 19.8 Å². The van der Waals surface area contributed by atoms with Crippen molar-refractivity contribution >= 4 is 12.1 Å². The van der Waals surface area contributed by atoms with Crippen LogP contribution in [0.3, 0.4) is 0 Å². The number of amides is 1. The highest BCUT2D eigenvalue weighted by Crippen LogP contribution is 2.40. The zero-order valence-corrected chi connectivity index (χ0v) is 13.5. The highest BCUT2D eigenvalue weighted by Gasteiger charge is 2.53. The molecule has 2 heterocycles. The van der Waals surface area contributed by atoms with Crippen molar-refractivity contribution < 1.29 is 19.1 Å². The fourth-order valence-electron chi connectivity index (χ4n) is 2.81. The van der Waals surface area contributed by atoms with Gasteiger partial charge in [-0.15, -0.1) is 0 Å². The van der Waals surface area contributed by atoms with E-state index in [1.165, 1.54) is 12.0 Å². The molecule has 1 aromatic rings. The molecule has 1 fully saturated rings. The summed E-state index contributed by atoms with van der Waals surface area (Å²) in [5, 5.41) is 0. The number of aromatic nitrogens is 1. The number of carbonyl (C=O) groups excluding carboxylic acids is 2. The monoisotopic (exact) mass is 306 g/mol. The number of pyridine rings is 1. The minimum absolute atomic E-state index is 0.451. The highest BCUT2D eigenvalue weighted by atomic mass is 16.6. The largest absolute Gasteiger partial charge is 0.467 e.